The van der Waals surface area contributed by atoms with Gasteiger partial charge in [0.25, 0.3) is 17.7 Å². The molecule has 141 heavy (non-hydrogen) atoms. The highest BCUT2D eigenvalue weighted by molar-refractivity contribution is 6.30. The van der Waals surface area contributed by atoms with Crippen LogP contribution in [-0.4, -0.2) is 185 Å². The van der Waals surface area contributed by atoms with Crippen LogP contribution in [-0.2, 0) is 60.6 Å². The van der Waals surface area contributed by atoms with E-state index in [9.17, 15) is 55.1 Å². The van der Waals surface area contributed by atoms with E-state index in [1.165, 1.54) is 110 Å². The SMILES string of the molecule is COc1cc([C@@H]2c3cc4c(cc3[C@@H](NC(=O)c3cn(Cc5ccc(C(F)(F)F)cc5)nn3)[C@H]3COC(=O)[C@H]23)OCO4)cc(OC)c1OC.COc1cc([C@@H]2c3cc4c(cc3[C@@H](NC(=O)c3cn(Cc5cccc(C(F)(F)F)c5)nn3)[C@H]3COC(=O)[C@H]23)OCO4)cc(OC)c1OC.COc1cc([C@@H]2c3cc4c(cc3[C@@H](NC(=O)c3cn(Cc5cccc(Cl)c5)nn3)[C@H]3COC(=O)[C@H]23)OCO4)cc(OC)c1OC. The highest BCUT2D eigenvalue weighted by atomic mass is 35.5. The van der Waals surface area contributed by atoms with Crippen LogP contribution in [0.3, 0.4) is 0 Å². The molecule has 0 bridgehead atoms. The number of alkyl halides is 6. The maximum atomic E-state index is 13.7. The lowest BCUT2D eigenvalue weighted by molar-refractivity contribution is -0.142. The van der Waals surface area contributed by atoms with Crippen molar-refractivity contribution in [3.8, 4) is 86.2 Å². The first-order chi connectivity index (χ1) is 68.1. The first kappa shape index (κ1) is 94.1. The summed E-state index contributed by atoms with van der Waals surface area (Å²) in [5.41, 5.74) is 6.80. The quantitative estimate of drug-likeness (QED) is 0.0287. The molecule has 43 heteroatoms. The Kier molecular flexibility index (Phi) is 25.7. The highest BCUT2D eigenvalue weighted by Crippen LogP contribution is 2.61. The summed E-state index contributed by atoms with van der Waals surface area (Å²) in [7, 11) is 13.6. The average molecular weight is 1970 g/mol. The number of hydrogen-bond acceptors (Lipinski definition) is 30. The van der Waals surface area contributed by atoms with Crippen molar-refractivity contribution >= 4 is 47.2 Å². The molecule has 12 atom stereocenters. The monoisotopic (exact) mass is 1960 g/mol. The number of nitrogens with one attached hydrogen (secondary N) is 3. The number of carbonyl (C=O) groups is 6. The molecule has 3 aromatic heterocycles. The van der Waals surface area contributed by atoms with E-state index in [0.717, 1.165) is 46.5 Å². The van der Waals surface area contributed by atoms with Crippen LogP contribution >= 0.6 is 11.6 Å². The maximum Gasteiger partial charge on any atom is 0.416 e. The van der Waals surface area contributed by atoms with Gasteiger partial charge in [-0.2, -0.15) is 26.3 Å². The number of halogens is 7. The molecule has 3 N–H and O–H groups in total. The minimum atomic E-state index is -4.50. The van der Waals surface area contributed by atoms with Gasteiger partial charge < -0.3 is 101 Å². The van der Waals surface area contributed by atoms with Gasteiger partial charge >= 0.3 is 30.3 Å². The first-order valence-corrected chi connectivity index (χ1v) is 44.3. The number of methoxy groups -OCH3 is 9. The molecular formula is C98H87ClF6N12O24. The van der Waals surface area contributed by atoms with Crippen molar-refractivity contribution in [3.05, 3.63) is 264 Å². The number of amides is 3. The van der Waals surface area contributed by atoms with Gasteiger partial charge in [0.2, 0.25) is 37.6 Å². The van der Waals surface area contributed by atoms with Crippen molar-refractivity contribution in [2.75, 3.05) is 104 Å². The van der Waals surface area contributed by atoms with E-state index in [2.05, 4.69) is 46.9 Å². The minimum Gasteiger partial charge on any atom is -0.493 e. The van der Waals surface area contributed by atoms with Gasteiger partial charge in [-0.3, -0.25) is 28.8 Å². The summed E-state index contributed by atoms with van der Waals surface area (Å²) in [5, 5.41) is 34.0. The minimum absolute atomic E-state index is 0.00792. The molecule has 9 aromatic carbocycles. The summed E-state index contributed by atoms with van der Waals surface area (Å²) in [6, 6.07) is 36.6. The van der Waals surface area contributed by atoms with Gasteiger partial charge in [0.15, 0.2) is 86.1 Å². The van der Waals surface area contributed by atoms with Gasteiger partial charge in [0, 0.05) is 40.5 Å². The summed E-state index contributed by atoms with van der Waals surface area (Å²) < 4.78 is 184. The number of hydrogen-bond donors (Lipinski definition) is 3. The van der Waals surface area contributed by atoms with Gasteiger partial charge in [0.1, 0.15) is 0 Å². The van der Waals surface area contributed by atoms with Crippen molar-refractivity contribution in [3.63, 3.8) is 0 Å². The van der Waals surface area contributed by atoms with Gasteiger partial charge in [-0.25, -0.2) is 14.0 Å². The fourth-order valence-corrected chi connectivity index (χ4v) is 20.2. The molecule has 36 nitrogen and oxygen atoms in total. The Hall–Kier alpha value is -15.9. The van der Waals surface area contributed by atoms with Crippen molar-refractivity contribution in [2.45, 2.75) is 67.9 Å². The van der Waals surface area contributed by atoms with Gasteiger partial charge in [0.05, 0.1) is 169 Å². The summed E-state index contributed by atoms with van der Waals surface area (Å²) in [5.74, 6) is -1.06. The molecule has 3 saturated heterocycles. The number of benzene rings is 9. The largest absolute Gasteiger partial charge is 0.493 e. The maximum absolute atomic E-state index is 13.7. The van der Waals surface area contributed by atoms with E-state index >= 15 is 0 Å². The van der Waals surface area contributed by atoms with E-state index in [1.54, 1.807) is 59.4 Å². The third-order valence-corrected chi connectivity index (χ3v) is 26.6. The number of carbonyl (C=O) groups excluding carboxylic acids is 6. The molecule has 3 fully saturated rings. The normalized spacial score (nSPS) is 20.9. The predicted octanol–water partition coefficient (Wildman–Crippen LogP) is 13.2. The Balaban J connectivity index is 0.000000135. The zero-order chi connectivity index (χ0) is 98.7. The Morgan fingerprint density at radius 1 is 0.355 bits per heavy atom. The van der Waals surface area contributed by atoms with E-state index in [4.69, 9.17) is 96.9 Å². The average Bonchev–Trinajstić information content (AvgIpc) is 1.69. The van der Waals surface area contributed by atoms with Crippen molar-refractivity contribution < 1.29 is 140 Å². The predicted molar refractivity (Wildman–Crippen MR) is 478 cm³/mol. The summed E-state index contributed by atoms with van der Waals surface area (Å²) in [6.45, 7) is 0.727. The van der Waals surface area contributed by atoms with Crippen molar-refractivity contribution in [1.82, 2.24) is 60.9 Å². The van der Waals surface area contributed by atoms with Crippen LogP contribution in [0.4, 0.5) is 26.3 Å². The van der Waals surface area contributed by atoms with Crippen LogP contribution in [0.5, 0.6) is 86.2 Å². The Labute approximate surface area is 802 Å². The number of fused-ring (bicyclic) bond motifs is 9. The van der Waals surface area contributed by atoms with Crippen LogP contribution in [0, 0.1) is 35.5 Å². The molecular weight excluding hydrogens is 1880 g/mol. The van der Waals surface area contributed by atoms with Gasteiger partial charge in [-0.15, -0.1) is 15.3 Å². The molecule has 0 spiro atoms. The molecule has 0 radical (unpaired) electrons. The van der Waals surface area contributed by atoms with E-state index in [1.807, 2.05) is 48.5 Å². The summed E-state index contributed by atoms with van der Waals surface area (Å²) in [6.07, 6.45) is -4.61. The molecule has 3 amide bonds. The Bertz CT molecular complexity index is 6820. The number of rotatable bonds is 24. The Morgan fingerprint density at radius 2 is 0.645 bits per heavy atom. The molecule has 3 aliphatic carbocycles. The number of cyclic esters (lactones) is 3. The van der Waals surface area contributed by atoms with E-state index < -0.39 is 125 Å². The fourth-order valence-electron chi connectivity index (χ4n) is 20.0. The zero-order valence-electron chi connectivity index (χ0n) is 76.3. The molecule has 12 aromatic rings. The third-order valence-electron chi connectivity index (χ3n) is 26.3. The first-order valence-electron chi connectivity index (χ1n) is 44.0. The topological polar surface area (TPSA) is 397 Å². The van der Waals surface area contributed by atoms with Gasteiger partial charge in [-0.1, -0.05) is 63.6 Å². The Morgan fingerprint density at radius 3 is 0.936 bits per heavy atom. The van der Waals surface area contributed by atoms with E-state index in [-0.39, 0.29) is 76.3 Å². The molecule has 0 saturated carbocycles. The second-order valence-corrected chi connectivity index (χ2v) is 34.5. The third kappa shape index (κ3) is 18.1. The lowest BCUT2D eigenvalue weighted by Gasteiger charge is -2.39. The summed E-state index contributed by atoms with van der Waals surface area (Å²) in [4.78, 5) is 81.3. The number of nitrogens with zero attached hydrogens (tertiary/aromatic N) is 9. The number of ether oxygens (including phenoxy) is 18. The molecule has 21 rings (SSSR count). The molecule has 0 unspecified atom stereocenters. The standard InChI is InChI=1S/2C33H29F3N4O8.C32H29ClN4O8/c1-43-25-8-17(9-26(44-2)30(25)45-3)27-19-10-23-24(48-15-47-23)11-20(19)29(21-14-46-32(42)28(21)27)37-31(41)22-13-40(39-38-22)12-16-4-6-18(7-5-16)33(34,35)36;1-43-25-8-17(9-26(44-2)30(25)45-3)27-19-10-23-24(48-15-47-23)11-20(19)29(21-14-46-32(42)28(21)27)37-31(41)22-13-40(39-38-22)12-16-5-4-6-18(7-16)33(34,35)36;1-40-25-8-17(9-26(41-2)30(25)42-3)27-19-10-23-24(45-15-44-23)11-20(19)29(21-14-43-32(39)28(21)27)34-31(38)22-13-37(36-35-22)12-16-5-4-6-18(33)7-16/h2*4-11,13,21,27-29H,12,14-15H2,1-3H3,(H,37,41);4-11,13,21,27-29H,12,14-15H2,1-3H3,(H,34,38)/t3*21-,27+,28-,29+/m000/s1. The summed E-state index contributed by atoms with van der Waals surface area (Å²) >= 11 is 6.12. The second-order valence-electron chi connectivity index (χ2n) is 34.1. The highest BCUT2D eigenvalue weighted by Gasteiger charge is 2.57. The molecule has 732 valence electrons. The van der Waals surface area contributed by atoms with Crippen LogP contribution in [0.1, 0.15) is 145 Å². The smallest absolute Gasteiger partial charge is 0.416 e. The lowest BCUT2D eigenvalue weighted by atomic mass is 9.65. The lowest BCUT2D eigenvalue weighted by Crippen LogP contribution is -2.43. The molecule has 9 heterocycles. The van der Waals surface area contributed by atoms with Crippen LogP contribution in [0.15, 0.2) is 164 Å². The fraction of sp³-hybridized carbons (Fsp3) is 0.327. The van der Waals surface area contributed by atoms with Gasteiger partial charge in [-0.05, 0) is 176 Å². The number of esters is 3. The molecule has 9 aliphatic rings. The zero-order valence-corrected chi connectivity index (χ0v) is 77.1. The van der Waals surface area contributed by atoms with E-state index in [0.29, 0.717) is 142 Å². The van der Waals surface area contributed by atoms with Crippen LogP contribution < -0.4 is 87.0 Å². The molecule has 6 aliphatic heterocycles. The van der Waals surface area contributed by atoms with Crippen molar-refractivity contribution in [2.24, 2.45) is 35.5 Å². The second kappa shape index (κ2) is 38.5. The van der Waals surface area contributed by atoms with Crippen molar-refractivity contribution in [1.29, 1.82) is 0 Å². The van der Waals surface area contributed by atoms with Crippen LogP contribution in [0.2, 0.25) is 5.02 Å². The van der Waals surface area contributed by atoms with Crippen LogP contribution in [0.25, 0.3) is 0 Å². The number of aromatic nitrogens is 9.